The highest BCUT2D eigenvalue weighted by Crippen LogP contribution is 2.08. The highest BCUT2D eigenvalue weighted by molar-refractivity contribution is 5.76. The molecule has 0 aromatic heterocycles. The normalized spacial score (nSPS) is 17.7. The number of piperidine rings is 1. The Bertz CT molecular complexity index is 196. The average Bonchev–Trinajstić information content (AvgIpc) is 2.34. The Morgan fingerprint density at radius 3 is 2.38 bits per heavy atom. The molecule has 0 radical (unpaired) electrons. The third-order valence-corrected chi connectivity index (χ3v) is 3.45. The molecule has 0 aromatic carbocycles. The van der Waals surface area contributed by atoms with Gasteiger partial charge in [-0.15, -0.1) is 0 Å². The minimum absolute atomic E-state index is 0.222. The van der Waals surface area contributed by atoms with Crippen LogP contribution in [0.3, 0.4) is 0 Å². The van der Waals surface area contributed by atoms with Crippen molar-refractivity contribution < 1.29 is 4.79 Å². The molecular formula is C13H26N2O. The maximum atomic E-state index is 11.7. The van der Waals surface area contributed by atoms with E-state index in [0.717, 1.165) is 19.4 Å². The van der Waals surface area contributed by atoms with E-state index in [1.54, 1.807) is 0 Å². The van der Waals surface area contributed by atoms with Gasteiger partial charge in [-0.2, -0.15) is 0 Å². The van der Waals surface area contributed by atoms with Gasteiger partial charge in [-0.05, 0) is 38.8 Å². The van der Waals surface area contributed by atoms with Crippen LogP contribution in [0.15, 0.2) is 0 Å². The van der Waals surface area contributed by atoms with E-state index in [4.69, 9.17) is 0 Å². The van der Waals surface area contributed by atoms with Crippen molar-refractivity contribution in [3.05, 3.63) is 0 Å². The van der Waals surface area contributed by atoms with E-state index in [2.05, 4.69) is 24.1 Å². The number of likely N-dealkylation sites (tertiary alicyclic amines) is 1. The van der Waals surface area contributed by atoms with Crippen LogP contribution in [0.1, 0.15) is 52.4 Å². The number of carbonyl (C=O) groups is 1. The van der Waals surface area contributed by atoms with E-state index in [9.17, 15) is 4.79 Å². The van der Waals surface area contributed by atoms with Crippen LogP contribution in [0, 0.1) is 0 Å². The standard InChI is InChI=1S/C13H26N2O/c1-3-12(4-2)14-13(16)8-11-15-9-6-5-7-10-15/h12H,3-11H2,1-2H3,(H,14,16). The molecule has 1 rings (SSSR count). The molecule has 0 aliphatic carbocycles. The SMILES string of the molecule is CCC(CC)NC(=O)CCN1CCCCC1. The van der Waals surface area contributed by atoms with Gasteiger partial charge in [0.15, 0.2) is 0 Å². The Hall–Kier alpha value is -0.570. The number of nitrogens with zero attached hydrogens (tertiary/aromatic N) is 1. The number of nitrogens with one attached hydrogen (secondary N) is 1. The number of hydrogen-bond donors (Lipinski definition) is 1. The fourth-order valence-corrected chi connectivity index (χ4v) is 2.24. The van der Waals surface area contributed by atoms with Gasteiger partial charge >= 0.3 is 0 Å². The lowest BCUT2D eigenvalue weighted by atomic mass is 10.1. The molecule has 0 aromatic rings. The summed E-state index contributed by atoms with van der Waals surface area (Å²) in [4.78, 5) is 14.1. The molecule has 1 saturated heterocycles. The van der Waals surface area contributed by atoms with Gasteiger partial charge in [0.05, 0.1) is 0 Å². The molecule has 0 atom stereocenters. The second kappa shape index (κ2) is 7.66. The monoisotopic (exact) mass is 226 g/mol. The quantitative estimate of drug-likeness (QED) is 0.753. The minimum Gasteiger partial charge on any atom is -0.353 e. The fraction of sp³-hybridized carbons (Fsp3) is 0.923. The number of rotatable bonds is 6. The van der Waals surface area contributed by atoms with Gasteiger partial charge in [-0.1, -0.05) is 20.3 Å². The third kappa shape index (κ3) is 4.97. The van der Waals surface area contributed by atoms with Gasteiger partial charge in [-0.25, -0.2) is 0 Å². The van der Waals surface area contributed by atoms with Crippen LogP contribution in [-0.2, 0) is 4.79 Å². The number of amides is 1. The first kappa shape index (κ1) is 13.5. The Morgan fingerprint density at radius 1 is 1.19 bits per heavy atom. The fourth-order valence-electron chi connectivity index (χ4n) is 2.24. The molecule has 3 nitrogen and oxygen atoms in total. The Labute approximate surface area is 99.6 Å². The second-order valence-corrected chi connectivity index (χ2v) is 4.73. The van der Waals surface area contributed by atoms with E-state index < -0.39 is 0 Å². The predicted molar refractivity (Wildman–Crippen MR) is 67.4 cm³/mol. The third-order valence-electron chi connectivity index (χ3n) is 3.45. The van der Waals surface area contributed by atoms with Crippen LogP contribution in [0.5, 0.6) is 0 Å². The highest BCUT2D eigenvalue weighted by Gasteiger charge is 2.13. The first-order chi connectivity index (χ1) is 7.76. The van der Waals surface area contributed by atoms with Gasteiger partial charge in [0.1, 0.15) is 0 Å². The Morgan fingerprint density at radius 2 is 1.81 bits per heavy atom. The summed E-state index contributed by atoms with van der Waals surface area (Å²) in [6, 6.07) is 0.369. The molecule has 1 N–H and O–H groups in total. The zero-order valence-corrected chi connectivity index (χ0v) is 10.8. The van der Waals surface area contributed by atoms with Crippen molar-refractivity contribution in [2.45, 2.75) is 58.4 Å². The first-order valence-electron chi connectivity index (χ1n) is 6.78. The van der Waals surface area contributed by atoms with Gasteiger partial charge in [-0.3, -0.25) is 4.79 Å². The van der Waals surface area contributed by atoms with Crippen molar-refractivity contribution in [2.24, 2.45) is 0 Å². The molecule has 0 saturated carbocycles. The lowest BCUT2D eigenvalue weighted by Gasteiger charge is -2.26. The van der Waals surface area contributed by atoms with Crippen LogP contribution in [0.2, 0.25) is 0 Å². The summed E-state index contributed by atoms with van der Waals surface area (Å²) in [6.45, 7) is 7.54. The Balaban J connectivity index is 2.13. The van der Waals surface area contributed by atoms with E-state index in [1.807, 2.05) is 0 Å². The summed E-state index contributed by atoms with van der Waals surface area (Å²) < 4.78 is 0. The molecule has 1 aliphatic rings. The molecule has 3 heteroatoms. The van der Waals surface area contributed by atoms with Gasteiger partial charge < -0.3 is 10.2 Å². The van der Waals surface area contributed by atoms with Crippen molar-refractivity contribution in [3.63, 3.8) is 0 Å². The molecule has 1 amide bonds. The average molecular weight is 226 g/mol. The molecular weight excluding hydrogens is 200 g/mol. The number of carbonyl (C=O) groups excluding carboxylic acids is 1. The van der Waals surface area contributed by atoms with Gasteiger partial charge in [0, 0.05) is 19.0 Å². The molecule has 1 fully saturated rings. The zero-order valence-electron chi connectivity index (χ0n) is 10.8. The summed E-state index contributed by atoms with van der Waals surface area (Å²) in [5.74, 6) is 0.222. The van der Waals surface area contributed by atoms with Gasteiger partial charge in [0.2, 0.25) is 5.91 Å². The molecule has 94 valence electrons. The van der Waals surface area contributed by atoms with Crippen LogP contribution < -0.4 is 5.32 Å². The van der Waals surface area contributed by atoms with Crippen molar-refractivity contribution >= 4 is 5.91 Å². The van der Waals surface area contributed by atoms with Crippen LogP contribution >= 0.6 is 0 Å². The predicted octanol–water partition coefficient (Wildman–Crippen LogP) is 2.17. The van der Waals surface area contributed by atoms with Crippen LogP contribution in [0.25, 0.3) is 0 Å². The van der Waals surface area contributed by atoms with E-state index >= 15 is 0 Å². The van der Waals surface area contributed by atoms with E-state index in [1.165, 1.54) is 32.4 Å². The maximum absolute atomic E-state index is 11.7. The summed E-state index contributed by atoms with van der Waals surface area (Å²) in [5, 5.41) is 3.09. The second-order valence-electron chi connectivity index (χ2n) is 4.73. The van der Waals surface area contributed by atoms with E-state index in [-0.39, 0.29) is 5.91 Å². The largest absolute Gasteiger partial charge is 0.353 e. The summed E-state index contributed by atoms with van der Waals surface area (Å²) in [6.07, 6.45) is 6.69. The van der Waals surface area contributed by atoms with Crippen LogP contribution in [-0.4, -0.2) is 36.5 Å². The summed E-state index contributed by atoms with van der Waals surface area (Å²) >= 11 is 0. The smallest absolute Gasteiger partial charge is 0.221 e. The molecule has 1 aliphatic heterocycles. The van der Waals surface area contributed by atoms with Gasteiger partial charge in [0.25, 0.3) is 0 Å². The zero-order chi connectivity index (χ0) is 11.8. The molecule has 1 heterocycles. The minimum atomic E-state index is 0.222. The van der Waals surface area contributed by atoms with Crippen molar-refractivity contribution in [3.8, 4) is 0 Å². The molecule has 0 spiro atoms. The van der Waals surface area contributed by atoms with Crippen LogP contribution in [0.4, 0.5) is 0 Å². The topological polar surface area (TPSA) is 32.3 Å². The molecule has 16 heavy (non-hydrogen) atoms. The van der Waals surface area contributed by atoms with E-state index in [0.29, 0.717) is 12.5 Å². The Kier molecular flexibility index (Phi) is 6.46. The lowest BCUT2D eigenvalue weighted by Crippen LogP contribution is -2.37. The summed E-state index contributed by atoms with van der Waals surface area (Å²) in [5.41, 5.74) is 0. The highest BCUT2D eigenvalue weighted by atomic mass is 16.1. The first-order valence-corrected chi connectivity index (χ1v) is 6.78. The summed E-state index contributed by atoms with van der Waals surface area (Å²) in [7, 11) is 0. The van der Waals surface area contributed by atoms with Crippen molar-refractivity contribution in [1.82, 2.24) is 10.2 Å². The van der Waals surface area contributed by atoms with Crippen molar-refractivity contribution in [2.75, 3.05) is 19.6 Å². The lowest BCUT2D eigenvalue weighted by molar-refractivity contribution is -0.122. The molecule has 0 unspecified atom stereocenters. The molecule has 0 bridgehead atoms. The van der Waals surface area contributed by atoms with Crippen molar-refractivity contribution in [1.29, 1.82) is 0 Å². The number of hydrogen-bond acceptors (Lipinski definition) is 2. The maximum Gasteiger partial charge on any atom is 0.221 e.